The van der Waals surface area contributed by atoms with Gasteiger partial charge in [0.05, 0.1) is 19.8 Å². The van der Waals surface area contributed by atoms with Crippen LogP contribution in [0.15, 0.2) is 12.3 Å². The van der Waals surface area contributed by atoms with Gasteiger partial charge in [0.2, 0.25) is 11.8 Å². The topological polar surface area (TPSA) is 59.5 Å². The van der Waals surface area contributed by atoms with E-state index in [9.17, 15) is 0 Å². The van der Waals surface area contributed by atoms with E-state index in [1.807, 2.05) is 0 Å². The van der Waals surface area contributed by atoms with E-state index >= 15 is 0 Å². The Morgan fingerprint density at radius 1 is 1.58 bits per heavy atom. The van der Waals surface area contributed by atoms with Crippen LogP contribution in [0, 0.1) is 0 Å². The number of nitrogens with zero attached hydrogens (tertiary/aromatic N) is 3. The molecule has 0 spiro atoms. The van der Waals surface area contributed by atoms with Gasteiger partial charge in [0, 0.05) is 31.4 Å². The van der Waals surface area contributed by atoms with Crippen LogP contribution < -0.4 is 10.1 Å². The molecule has 0 bridgehead atoms. The van der Waals surface area contributed by atoms with Gasteiger partial charge in [-0.05, 0) is 19.4 Å². The van der Waals surface area contributed by atoms with Crippen LogP contribution >= 0.6 is 0 Å². The molecule has 2 atom stereocenters. The minimum Gasteiger partial charge on any atom is -0.481 e. The largest absolute Gasteiger partial charge is 0.481 e. The van der Waals surface area contributed by atoms with Crippen LogP contribution in [0.5, 0.6) is 5.88 Å². The molecule has 6 heteroatoms. The van der Waals surface area contributed by atoms with Crippen molar-refractivity contribution in [2.75, 3.05) is 38.7 Å². The second-order valence-corrected chi connectivity index (χ2v) is 5.05. The Morgan fingerprint density at radius 3 is 3.42 bits per heavy atom. The predicted octanol–water partition coefficient (Wildman–Crippen LogP) is 0.760. The zero-order valence-corrected chi connectivity index (χ0v) is 11.2. The van der Waals surface area contributed by atoms with Crippen molar-refractivity contribution in [2.45, 2.75) is 25.0 Å². The molecule has 0 saturated carbocycles. The molecule has 1 aromatic rings. The maximum Gasteiger partial charge on any atom is 0.226 e. The highest BCUT2D eigenvalue weighted by atomic mass is 16.5. The fourth-order valence-electron chi connectivity index (χ4n) is 2.76. The molecule has 2 fully saturated rings. The normalized spacial score (nSPS) is 27.0. The van der Waals surface area contributed by atoms with E-state index in [-0.39, 0.29) is 6.10 Å². The number of hydrogen-bond acceptors (Lipinski definition) is 6. The fourth-order valence-corrected chi connectivity index (χ4v) is 2.76. The molecule has 1 aromatic heterocycles. The molecule has 2 unspecified atom stereocenters. The second kappa shape index (κ2) is 5.71. The molecule has 1 N–H and O–H groups in total. The van der Waals surface area contributed by atoms with E-state index in [1.165, 1.54) is 19.4 Å². The first-order chi connectivity index (χ1) is 9.35. The number of rotatable bonds is 4. The average molecular weight is 264 g/mol. The summed E-state index contributed by atoms with van der Waals surface area (Å²) in [6, 6.07) is 2.38. The Labute approximate surface area is 113 Å². The molecule has 2 saturated heterocycles. The predicted molar refractivity (Wildman–Crippen MR) is 71.4 cm³/mol. The van der Waals surface area contributed by atoms with Crippen molar-refractivity contribution in [3.05, 3.63) is 12.3 Å². The lowest BCUT2D eigenvalue weighted by molar-refractivity contribution is -0.0416. The van der Waals surface area contributed by atoms with E-state index in [4.69, 9.17) is 9.47 Å². The highest BCUT2D eigenvalue weighted by Gasteiger charge is 2.31. The summed E-state index contributed by atoms with van der Waals surface area (Å²) in [4.78, 5) is 10.9. The highest BCUT2D eigenvalue weighted by Crippen LogP contribution is 2.22. The first-order valence-corrected chi connectivity index (χ1v) is 6.81. The maximum absolute atomic E-state index is 5.88. The van der Waals surface area contributed by atoms with Crippen molar-refractivity contribution in [3.63, 3.8) is 0 Å². The third-order valence-corrected chi connectivity index (χ3v) is 3.79. The summed E-state index contributed by atoms with van der Waals surface area (Å²) >= 11 is 0. The lowest BCUT2D eigenvalue weighted by Gasteiger charge is -2.35. The van der Waals surface area contributed by atoms with Crippen LogP contribution in [-0.2, 0) is 4.74 Å². The zero-order chi connectivity index (χ0) is 13.1. The lowest BCUT2D eigenvalue weighted by Crippen LogP contribution is -2.48. The van der Waals surface area contributed by atoms with Gasteiger partial charge in [-0.2, -0.15) is 4.98 Å². The van der Waals surface area contributed by atoms with Gasteiger partial charge < -0.3 is 14.8 Å². The van der Waals surface area contributed by atoms with E-state index in [1.54, 1.807) is 19.4 Å². The van der Waals surface area contributed by atoms with Gasteiger partial charge in [-0.25, -0.2) is 4.98 Å². The molecule has 104 valence electrons. The summed E-state index contributed by atoms with van der Waals surface area (Å²) in [5.74, 6) is 1.16. The van der Waals surface area contributed by atoms with Gasteiger partial charge in [0.15, 0.2) is 0 Å². The quantitative estimate of drug-likeness (QED) is 0.866. The maximum atomic E-state index is 5.88. The Hall–Kier alpha value is -1.40. The van der Waals surface area contributed by atoms with Crippen LogP contribution in [-0.4, -0.2) is 60.4 Å². The summed E-state index contributed by atoms with van der Waals surface area (Å²) in [6.45, 7) is 3.80. The van der Waals surface area contributed by atoms with Crippen LogP contribution in [0.3, 0.4) is 0 Å². The standard InChI is InChI=1S/C13H20N4O2/c1-18-12-4-5-14-13(16-12)15-7-11-8-17-6-2-3-10(17)9-19-11/h4-5,10-11H,2-3,6-9H2,1H3,(H,14,15,16). The Bertz CT molecular complexity index is 429. The molecular weight excluding hydrogens is 244 g/mol. The number of hydrogen-bond donors (Lipinski definition) is 1. The molecule has 2 aliphatic rings. The van der Waals surface area contributed by atoms with Crippen molar-refractivity contribution >= 4 is 5.95 Å². The third-order valence-electron chi connectivity index (χ3n) is 3.79. The Kier molecular flexibility index (Phi) is 3.79. The van der Waals surface area contributed by atoms with Crippen molar-refractivity contribution < 1.29 is 9.47 Å². The van der Waals surface area contributed by atoms with Gasteiger partial charge in [0.25, 0.3) is 0 Å². The van der Waals surface area contributed by atoms with Crippen molar-refractivity contribution in [1.29, 1.82) is 0 Å². The number of aromatic nitrogens is 2. The monoisotopic (exact) mass is 264 g/mol. The van der Waals surface area contributed by atoms with E-state index in [0.717, 1.165) is 19.7 Å². The van der Waals surface area contributed by atoms with Crippen LogP contribution in [0.1, 0.15) is 12.8 Å². The van der Waals surface area contributed by atoms with Crippen molar-refractivity contribution in [2.24, 2.45) is 0 Å². The Morgan fingerprint density at radius 2 is 2.53 bits per heavy atom. The van der Waals surface area contributed by atoms with Crippen LogP contribution in [0.2, 0.25) is 0 Å². The van der Waals surface area contributed by atoms with Gasteiger partial charge >= 0.3 is 0 Å². The average Bonchev–Trinajstić information content (AvgIpc) is 2.93. The van der Waals surface area contributed by atoms with Gasteiger partial charge in [-0.1, -0.05) is 0 Å². The number of fused-ring (bicyclic) bond motifs is 1. The fraction of sp³-hybridized carbons (Fsp3) is 0.692. The smallest absolute Gasteiger partial charge is 0.226 e. The molecule has 0 amide bonds. The number of ether oxygens (including phenoxy) is 2. The second-order valence-electron chi connectivity index (χ2n) is 5.05. The van der Waals surface area contributed by atoms with E-state index in [2.05, 4.69) is 20.2 Å². The van der Waals surface area contributed by atoms with Gasteiger partial charge in [-0.3, -0.25) is 4.90 Å². The number of methoxy groups -OCH3 is 1. The van der Waals surface area contributed by atoms with Gasteiger partial charge in [0.1, 0.15) is 0 Å². The number of anilines is 1. The minimum absolute atomic E-state index is 0.212. The van der Waals surface area contributed by atoms with Crippen LogP contribution in [0.4, 0.5) is 5.95 Å². The molecule has 2 aliphatic heterocycles. The van der Waals surface area contributed by atoms with Crippen LogP contribution in [0.25, 0.3) is 0 Å². The summed E-state index contributed by atoms with van der Waals surface area (Å²) < 4.78 is 11.0. The van der Waals surface area contributed by atoms with Crippen molar-refractivity contribution in [1.82, 2.24) is 14.9 Å². The minimum atomic E-state index is 0.212. The molecule has 3 heterocycles. The summed E-state index contributed by atoms with van der Waals surface area (Å²) in [5.41, 5.74) is 0. The summed E-state index contributed by atoms with van der Waals surface area (Å²) in [5, 5.41) is 3.22. The third kappa shape index (κ3) is 2.96. The molecule has 3 rings (SSSR count). The van der Waals surface area contributed by atoms with E-state index in [0.29, 0.717) is 17.9 Å². The SMILES string of the molecule is COc1ccnc(NCC2CN3CCCC3CO2)n1. The first kappa shape index (κ1) is 12.6. The first-order valence-electron chi connectivity index (χ1n) is 6.81. The molecule has 0 aliphatic carbocycles. The molecule has 19 heavy (non-hydrogen) atoms. The molecule has 0 radical (unpaired) electrons. The lowest BCUT2D eigenvalue weighted by atomic mass is 10.2. The molecule has 6 nitrogen and oxygen atoms in total. The molecule has 0 aromatic carbocycles. The number of nitrogens with one attached hydrogen (secondary N) is 1. The highest BCUT2D eigenvalue weighted by molar-refractivity contribution is 5.27. The summed E-state index contributed by atoms with van der Waals surface area (Å²) in [6.07, 6.45) is 4.47. The zero-order valence-electron chi connectivity index (χ0n) is 11.2. The van der Waals surface area contributed by atoms with E-state index < -0.39 is 0 Å². The van der Waals surface area contributed by atoms with Crippen molar-refractivity contribution in [3.8, 4) is 5.88 Å². The molecular formula is C13H20N4O2. The van der Waals surface area contributed by atoms with Gasteiger partial charge in [-0.15, -0.1) is 0 Å². The Balaban J connectivity index is 1.51. The summed E-state index contributed by atoms with van der Waals surface area (Å²) in [7, 11) is 1.60. The number of morpholine rings is 1.